The molecule has 0 spiro atoms. The Morgan fingerprint density at radius 1 is 1.11 bits per heavy atom. The molecule has 2 aromatic carbocycles. The second kappa shape index (κ2) is 9.47. The first-order chi connectivity index (χ1) is 13.4. The van der Waals surface area contributed by atoms with E-state index in [-0.39, 0.29) is 34.7 Å². The van der Waals surface area contributed by atoms with Crippen LogP contribution < -0.4 is 5.32 Å². The van der Waals surface area contributed by atoms with E-state index in [0.29, 0.717) is 23.9 Å². The molecule has 3 rings (SSSR count). The second-order valence-electron chi connectivity index (χ2n) is 5.95. The number of rotatable bonds is 6. The minimum Gasteiger partial charge on any atom is -0.379 e. The van der Waals surface area contributed by atoms with Crippen molar-refractivity contribution in [3.63, 3.8) is 0 Å². The number of nitrogens with one attached hydrogen (secondary N) is 1. The Balaban J connectivity index is 1.68. The van der Waals surface area contributed by atoms with Gasteiger partial charge in [0.15, 0.2) is 0 Å². The van der Waals surface area contributed by atoms with E-state index >= 15 is 0 Å². The second-order valence-corrected chi connectivity index (χ2v) is 9.75. The van der Waals surface area contributed by atoms with Crippen LogP contribution in [0.1, 0.15) is 0 Å². The molecule has 10 heteroatoms. The standard InChI is InChI=1S/C18H18Cl2N2O4S2/c19-13-1-4-15(5-2-13)27-12-18(23)21-14-3-6-16(20)17(11-14)28(24,25)22-7-9-26-10-8-22/h1-6,11H,7-10,12H2,(H,21,23). The van der Waals surface area contributed by atoms with Crippen LogP contribution in [0.3, 0.4) is 0 Å². The van der Waals surface area contributed by atoms with Gasteiger partial charge in [-0.25, -0.2) is 8.42 Å². The highest BCUT2D eigenvalue weighted by molar-refractivity contribution is 8.00. The van der Waals surface area contributed by atoms with E-state index in [0.717, 1.165) is 4.90 Å². The van der Waals surface area contributed by atoms with Gasteiger partial charge in [-0.05, 0) is 42.5 Å². The van der Waals surface area contributed by atoms with Crippen molar-refractivity contribution in [3.05, 3.63) is 52.5 Å². The number of ether oxygens (including phenoxy) is 1. The third-order valence-electron chi connectivity index (χ3n) is 3.99. The number of thioether (sulfide) groups is 1. The van der Waals surface area contributed by atoms with E-state index in [1.807, 2.05) is 12.1 Å². The summed E-state index contributed by atoms with van der Waals surface area (Å²) in [6.07, 6.45) is 0. The van der Waals surface area contributed by atoms with Crippen molar-refractivity contribution in [2.75, 3.05) is 37.4 Å². The number of nitrogens with zero attached hydrogens (tertiary/aromatic N) is 1. The van der Waals surface area contributed by atoms with E-state index in [1.54, 1.807) is 18.2 Å². The van der Waals surface area contributed by atoms with Crippen LogP contribution in [-0.4, -0.2) is 50.7 Å². The molecule has 2 aromatic rings. The smallest absolute Gasteiger partial charge is 0.244 e. The molecular formula is C18H18Cl2N2O4S2. The quantitative estimate of drug-likeness (QED) is 0.664. The molecule has 0 radical (unpaired) electrons. The van der Waals surface area contributed by atoms with Gasteiger partial charge in [-0.3, -0.25) is 4.79 Å². The summed E-state index contributed by atoms with van der Waals surface area (Å²) >= 11 is 13.3. The zero-order valence-electron chi connectivity index (χ0n) is 14.7. The molecule has 1 fully saturated rings. The van der Waals surface area contributed by atoms with Crippen LogP contribution in [0.5, 0.6) is 0 Å². The lowest BCUT2D eigenvalue weighted by atomic mass is 10.3. The molecule has 150 valence electrons. The van der Waals surface area contributed by atoms with E-state index in [9.17, 15) is 13.2 Å². The Morgan fingerprint density at radius 2 is 1.79 bits per heavy atom. The number of carbonyl (C=O) groups is 1. The van der Waals surface area contributed by atoms with Crippen molar-refractivity contribution < 1.29 is 17.9 Å². The Bertz CT molecular complexity index is 947. The molecule has 1 saturated heterocycles. The predicted molar refractivity (Wildman–Crippen MR) is 112 cm³/mol. The van der Waals surface area contributed by atoms with Gasteiger partial charge in [0.05, 0.1) is 24.0 Å². The summed E-state index contributed by atoms with van der Waals surface area (Å²) in [6.45, 7) is 1.23. The Hall–Kier alpha value is -1.29. The highest BCUT2D eigenvalue weighted by Gasteiger charge is 2.28. The minimum atomic E-state index is -3.76. The van der Waals surface area contributed by atoms with Crippen LogP contribution in [0, 0.1) is 0 Å². The van der Waals surface area contributed by atoms with E-state index in [4.69, 9.17) is 27.9 Å². The summed E-state index contributed by atoms with van der Waals surface area (Å²) in [5.41, 5.74) is 0.373. The first kappa shape index (κ1) is 21.4. The normalized spacial score (nSPS) is 15.4. The van der Waals surface area contributed by atoms with Gasteiger partial charge in [-0.1, -0.05) is 23.2 Å². The number of anilines is 1. The number of sulfonamides is 1. The minimum absolute atomic E-state index is 0.0285. The van der Waals surface area contributed by atoms with Gasteiger partial charge in [0.2, 0.25) is 15.9 Å². The van der Waals surface area contributed by atoms with Crippen LogP contribution in [0.4, 0.5) is 5.69 Å². The van der Waals surface area contributed by atoms with Gasteiger partial charge in [-0.2, -0.15) is 4.31 Å². The lowest BCUT2D eigenvalue weighted by molar-refractivity contribution is -0.113. The molecule has 1 aliphatic heterocycles. The largest absolute Gasteiger partial charge is 0.379 e. The highest BCUT2D eigenvalue weighted by Crippen LogP contribution is 2.28. The van der Waals surface area contributed by atoms with Gasteiger partial charge < -0.3 is 10.1 Å². The van der Waals surface area contributed by atoms with Crippen molar-refractivity contribution >= 4 is 56.6 Å². The van der Waals surface area contributed by atoms with Crippen molar-refractivity contribution in [2.45, 2.75) is 9.79 Å². The molecule has 1 aliphatic rings. The van der Waals surface area contributed by atoms with Crippen LogP contribution in [0.25, 0.3) is 0 Å². The van der Waals surface area contributed by atoms with Crippen LogP contribution in [0.15, 0.2) is 52.3 Å². The fraction of sp³-hybridized carbons (Fsp3) is 0.278. The molecule has 6 nitrogen and oxygen atoms in total. The fourth-order valence-electron chi connectivity index (χ4n) is 2.58. The molecule has 0 bridgehead atoms. The first-order valence-corrected chi connectivity index (χ1v) is 11.6. The third kappa shape index (κ3) is 5.40. The molecule has 1 heterocycles. The molecule has 1 amide bonds. The average Bonchev–Trinajstić information content (AvgIpc) is 2.69. The van der Waals surface area contributed by atoms with Crippen LogP contribution in [0.2, 0.25) is 10.0 Å². The Kier molecular flexibility index (Phi) is 7.25. The number of hydrogen-bond donors (Lipinski definition) is 1. The maximum atomic E-state index is 12.8. The third-order valence-corrected chi connectivity index (χ3v) is 7.63. The monoisotopic (exact) mass is 460 g/mol. The molecule has 0 aliphatic carbocycles. The van der Waals surface area contributed by atoms with Crippen molar-refractivity contribution in [2.24, 2.45) is 0 Å². The number of hydrogen-bond acceptors (Lipinski definition) is 5. The average molecular weight is 461 g/mol. The number of carbonyl (C=O) groups excluding carboxylic acids is 1. The van der Waals surface area contributed by atoms with Crippen LogP contribution in [-0.2, 0) is 19.6 Å². The zero-order valence-corrected chi connectivity index (χ0v) is 17.9. The molecule has 0 unspecified atom stereocenters. The Labute approximate surface area is 178 Å². The summed E-state index contributed by atoms with van der Waals surface area (Å²) < 4.78 is 32.2. The molecule has 0 aromatic heterocycles. The van der Waals surface area contributed by atoms with E-state index < -0.39 is 10.0 Å². The van der Waals surface area contributed by atoms with Gasteiger partial charge in [-0.15, -0.1) is 11.8 Å². The van der Waals surface area contributed by atoms with Gasteiger partial charge in [0.1, 0.15) is 4.90 Å². The van der Waals surface area contributed by atoms with Gasteiger partial charge in [0, 0.05) is 28.7 Å². The predicted octanol–water partition coefficient (Wildman–Crippen LogP) is 3.75. The summed E-state index contributed by atoms with van der Waals surface area (Å²) in [5, 5.41) is 3.45. The van der Waals surface area contributed by atoms with Gasteiger partial charge in [0.25, 0.3) is 0 Å². The van der Waals surface area contributed by atoms with Crippen molar-refractivity contribution in [1.29, 1.82) is 0 Å². The SMILES string of the molecule is O=C(CSc1ccc(Cl)cc1)Nc1ccc(Cl)c(S(=O)(=O)N2CCOCC2)c1. The lowest BCUT2D eigenvalue weighted by Gasteiger charge is -2.26. The highest BCUT2D eigenvalue weighted by atomic mass is 35.5. The fourth-order valence-corrected chi connectivity index (χ4v) is 5.31. The zero-order chi connectivity index (χ0) is 20.1. The Morgan fingerprint density at radius 3 is 2.46 bits per heavy atom. The van der Waals surface area contributed by atoms with Crippen molar-refractivity contribution in [1.82, 2.24) is 4.31 Å². The summed E-state index contributed by atoms with van der Waals surface area (Å²) in [7, 11) is -3.76. The molecule has 0 atom stereocenters. The van der Waals surface area contributed by atoms with E-state index in [1.165, 1.54) is 28.2 Å². The summed E-state index contributed by atoms with van der Waals surface area (Å²) in [5.74, 6) is -0.0764. The maximum absolute atomic E-state index is 12.8. The number of halogens is 2. The lowest BCUT2D eigenvalue weighted by Crippen LogP contribution is -2.40. The van der Waals surface area contributed by atoms with Crippen LogP contribution >= 0.6 is 35.0 Å². The maximum Gasteiger partial charge on any atom is 0.244 e. The number of morpholine rings is 1. The van der Waals surface area contributed by atoms with Crippen molar-refractivity contribution in [3.8, 4) is 0 Å². The van der Waals surface area contributed by atoms with E-state index in [2.05, 4.69) is 5.32 Å². The topological polar surface area (TPSA) is 75.7 Å². The molecular weight excluding hydrogens is 443 g/mol. The van der Waals surface area contributed by atoms with Gasteiger partial charge >= 0.3 is 0 Å². The summed E-state index contributed by atoms with van der Waals surface area (Å²) in [6, 6.07) is 11.6. The first-order valence-electron chi connectivity index (χ1n) is 8.42. The number of benzene rings is 2. The molecule has 1 N–H and O–H groups in total. The summed E-state index contributed by atoms with van der Waals surface area (Å²) in [4.78, 5) is 13.1. The molecule has 0 saturated carbocycles. The number of amides is 1. The molecule has 28 heavy (non-hydrogen) atoms.